The molecule has 1 amide bonds. The first-order chi connectivity index (χ1) is 17.3. The number of rotatable bonds is 6. The first kappa shape index (κ1) is 24.9. The average molecular weight is 486 g/mol. The van der Waals surface area contributed by atoms with Crippen molar-refractivity contribution in [2.75, 3.05) is 12.4 Å². The second-order valence-electron chi connectivity index (χ2n) is 8.59. The molecule has 0 aliphatic heterocycles. The van der Waals surface area contributed by atoms with E-state index in [2.05, 4.69) is 5.32 Å². The quantitative estimate of drug-likeness (QED) is 0.393. The second kappa shape index (κ2) is 10.2. The minimum Gasteiger partial charge on any atom is -0.496 e. The predicted molar refractivity (Wildman–Crippen MR) is 141 cm³/mol. The Morgan fingerprint density at radius 1 is 1.00 bits per heavy atom. The minimum absolute atomic E-state index is 0.0427. The largest absolute Gasteiger partial charge is 0.496 e. The van der Waals surface area contributed by atoms with E-state index < -0.39 is 11.7 Å². The number of hydrogen-bond acceptors (Lipinski definition) is 4. The number of anilines is 1. The highest BCUT2D eigenvalue weighted by Crippen LogP contribution is 2.37. The van der Waals surface area contributed by atoms with Crippen LogP contribution < -0.4 is 21.3 Å². The lowest BCUT2D eigenvalue weighted by Crippen LogP contribution is -2.27. The monoisotopic (exact) mass is 485 g/mol. The summed E-state index contributed by atoms with van der Waals surface area (Å²) in [5.74, 6) is -0.473. The number of aryl methyl sites for hydroxylation is 1. The fourth-order valence-electron chi connectivity index (χ4n) is 4.41. The molecule has 4 aromatic rings. The van der Waals surface area contributed by atoms with Crippen molar-refractivity contribution in [2.24, 2.45) is 12.8 Å². The van der Waals surface area contributed by atoms with Gasteiger partial charge >= 0.3 is 0 Å². The molecule has 6 nitrogen and oxygen atoms in total. The maximum Gasteiger partial charge on any atom is 0.263 e. The highest BCUT2D eigenvalue weighted by atomic mass is 19.1. The summed E-state index contributed by atoms with van der Waals surface area (Å²) in [6.07, 6.45) is 1.60. The van der Waals surface area contributed by atoms with Gasteiger partial charge in [0, 0.05) is 31.0 Å². The van der Waals surface area contributed by atoms with E-state index in [0.29, 0.717) is 22.6 Å². The van der Waals surface area contributed by atoms with E-state index in [1.807, 2.05) is 44.2 Å². The summed E-state index contributed by atoms with van der Waals surface area (Å²) in [4.78, 5) is 25.2. The van der Waals surface area contributed by atoms with Crippen molar-refractivity contribution >= 4 is 11.6 Å². The molecule has 1 heterocycles. The topological polar surface area (TPSA) is 86.3 Å². The van der Waals surface area contributed by atoms with Gasteiger partial charge in [-0.3, -0.25) is 9.59 Å². The maximum absolute atomic E-state index is 14.7. The third-order valence-corrected chi connectivity index (χ3v) is 6.46. The smallest absolute Gasteiger partial charge is 0.263 e. The standard InChI is InChI=1S/C29H28FN3O3/c1-17-20(19-14-25(30)24(16-31)27(15-19)36-4)8-5-9-21(17)22-10-6-12-26(18(22)2)32-28(34)23-11-7-13-33(3)29(23)35/h5-15H,16,31H2,1-4H3,(H,32,34). The Bertz CT molecular complexity index is 1530. The van der Waals surface area contributed by atoms with Crippen LogP contribution in [-0.2, 0) is 13.6 Å². The minimum atomic E-state index is -0.468. The fraction of sp³-hybridized carbons (Fsp3) is 0.172. The molecule has 0 unspecified atom stereocenters. The number of benzene rings is 3. The number of methoxy groups -OCH3 is 1. The molecule has 0 radical (unpaired) electrons. The zero-order valence-corrected chi connectivity index (χ0v) is 20.7. The number of nitrogens with one attached hydrogen (secondary N) is 1. The molecule has 0 atom stereocenters. The van der Waals surface area contributed by atoms with Crippen LogP contribution in [0.2, 0.25) is 0 Å². The normalized spacial score (nSPS) is 10.8. The lowest BCUT2D eigenvalue weighted by atomic mass is 9.90. The summed E-state index contributed by atoms with van der Waals surface area (Å²) in [6, 6.07) is 17.9. The van der Waals surface area contributed by atoms with Crippen molar-refractivity contribution < 1.29 is 13.9 Å². The number of halogens is 1. The van der Waals surface area contributed by atoms with Gasteiger partial charge in [-0.05, 0) is 77.6 Å². The molecule has 3 aromatic carbocycles. The van der Waals surface area contributed by atoms with Gasteiger partial charge in [0.05, 0.1) is 7.11 Å². The lowest BCUT2D eigenvalue weighted by molar-refractivity contribution is 0.102. The van der Waals surface area contributed by atoms with Gasteiger partial charge < -0.3 is 20.4 Å². The number of carbonyl (C=O) groups excluding carboxylic acids is 1. The summed E-state index contributed by atoms with van der Waals surface area (Å²) in [6.45, 7) is 3.93. The van der Waals surface area contributed by atoms with E-state index in [9.17, 15) is 14.0 Å². The third-order valence-electron chi connectivity index (χ3n) is 6.46. The Labute approximate surface area is 209 Å². The van der Waals surface area contributed by atoms with Crippen LogP contribution in [-0.4, -0.2) is 17.6 Å². The number of ether oxygens (including phenoxy) is 1. The average Bonchev–Trinajstić information content (AvgIpc) is 2.86. The summed E-state index contributed by atoms with van der Waals surface area (Å²) in [7, 11) is 3.10. The van der Waals surface area contributed by atoms with Crippen LogP contribution in [0.15, 0.2) is 71.7 Å². The van der Waals surface area contributed by atoms with Crippen LogP contribution in [0.4, 0.5) is 10.1 Å². The third kappa shape index (κ3) is 4.53. The number of nitrogens with two attached hydrogens (primary N) is 1. The first-order valence-electron chi connectivity index (χ1n) is 11.5. The van der Waals surface area contributed by atoms with E-state index >= 15 is 0 Å². The molecule has 184 valence electrons. The van der Waals surface area contributed by atoms with Crippen molar-refractivity contribution in [1.82, 2.24) is 4.57 Å². The van der Waals surface area contributed by atoms with Crippen LogP contribution in [0.25, 0.3) is 22.3 Å². The Kier molecular flexibility index (Phi) is 7.03. The van der Waals surface area contributed by atoms with E-state index in [1.54, 1.807) is 31.4 Å². The van der Waals surface area contributed by atoms with Gasteiger partial charge in [-0.15, -0.1) is 0 Å². The van der Waals surface area contributed by atoms with E-state index in [-0.39, 0.29) is 17.7 Å². The van der Waals surface area contributed by atoms with Gasteiger partial charge in [0.1, 0.15) is 17.1 Å². The molecule has 0 fully saturated rings. The Hall–Kier alpha value is -4.23. The number of nitrogens with zero attached hydrogens (tertiary/aromatic N) is 1. The lowest BCUT2D eigenvalue weighted by Gasteiger charge is -2.17. The molecular weight excluding hydrogens is 457 g/mol. The first-order valence-corrected chi connectivity index (χ1v) is 11.5. The number of carbonyl (C=O) groups is 1. The molecule has 0 aliphatic rings. The number of aromatic nitrogens is 1. The summed E-state index contributed by atoms with van der Waals surface area (Å²) in [5.41, 5.74) is 11.5. The molecule has 0 spiro atoms. The summed E-state index contributed by atoms with van der Waals surface area (Å²) >= 11 is 0. The highest BCUT2D eigenvalue weighted by Gasteiger charge is 2.17. The number of amides is 1. The zero-order chi connectivity index (χ0) is 26.0. The Balaban J connectivity index is 1.75. The Morgan fingerprint density at radius 2 is 1.67 bits per heavy atom. The van der Waals surface area contributed by atoms with Crippen LogP contribution in [0.5, 0.6) is 5.75 Å². The van der Waals surface area contributed by atoms with Crippen molar-refractivity contribution in [2.45, 2.75) is 20.4 Å². The molecule has 1 aromatic heterocycles. The van der Waals surface area contributed by atoms with Crippen LogP contribution in [0.3, 0.4) is 0 Å². The van der Waals surface area contributed by atoms with Gasteiger partial charge in [-0.2, -0.15) is 0 Å². The molecule has 0 bridgehead atoms. The van der Waals surface area contributed by atoms with Gasteiger partial charge in [-0.25, -0.2) is 4.39 Å². The van der Waals surface area contributed by atoms with Gasteiger partial charge in [0.15, 0.2) is 0 Å². The fourth-order valence-corrected chi connectivity index (χ4v) is 4.41. The molecular formula is C29H28FN3O3. The predicted octanol–water partition coefficient (Wildman–Crippen LogP) is 5.19. The van der Waals surface area contributed by atoms with Gasteiger partial charge in [0.25, 0.3) is 11.5 Å². The highest BCUT2D eigenvalue weighted by molar-refractivity contribution is 6.05. The maximum atomic E-state index is 14.7. The van der Waals surface area contributed by atoms with Gasteiger partial charge in [0.2, 0.25) is 0 Å². The van der Waals surface area contributed by atoms with Crippen molar-refractivity contribution in [3.8, 4) is 28.0 Å². The van der Waals surface area contributed by atoms with E-state index in [4.69, 9.17) is 10.5 Å². The SMILES string of the molecule is COc1cc(-c2cccc(-c3cccc(NC(=O)c4cccn(C)c4=O)c3C)c2C)cc(F)c1CN. The van der Waals surface area contributed by atoms with Gasteiger partial charge in [-0.1, -0.05) is 30.3 Å². The van der Waals surface area contributed by atoms with Crippen molar-refractivity contribution in [3.05, 3.63) is 105 Å². The molecule has 4 rings (SSSR count). The molecule has 0 saturated carbocycles. The second-order valence-corrected chi connectivity index (χ2v) is 8.59. The molecule has 0 saturated heterocycles. The summed E-state index contributed by atoms with van der Waals surface area (Å²) in [5, 5.41) is 2.88. The molecule has 36 heavy (non-hydrogen) atoms. The van der Waals surface area contributed by atoms with Crippen molar-refractivity contribution in [3.63, 3.8) is 0 Å². The summed E-state index contributed by atoms with van der Waals surface area (Å²) < 4.78 is 21.5. The molecule has 0 aliphatic carbocycles. The van der Waals surface area contributed by atoms with Crippen LogP contribution in [0.1, 0.15) is 27.0 Å². The van der Waals surface area contributed by atoms with E-state index in [0.717, 1.165) is 27.8 Å². The zero-order valence-electron chi connectivity index (χ0n) is 20.7. The van der Waals surface area contributed by atoms with Crippen LogP contribution >= 0.6 is 0 Å². The number of pyridine rings is 1. The number of hydrogen-bond donors (Lipinski definition) is 2. The van der Waals surface area contributed by atoms with E-state index in [1.165, 1.54) is 23.8 Å². The Morgan fingerprint density at radius 3 is 2.36 bits per heavy atom. The van der Waals surface area contributed by atoms with Crippen molar-refractivity contribution in [1.29, 1.82) is 0 Å². The molecule has 7 heteroatoms. The van der Waals surface area contributed by atoms with Crippen LogP contribution in [0, 0.1) is 19.7 Å². The molecule has 3 N–H and O–H groups in total.